The van der Waals surface area contributed by atoms with Crippen LogP contribution in [0.3, 0.4) is 0 Å². The second-order valence-corrected chi connectivity index (χ2v) is 10.4. The maximum atomic E-state index is 12.8. The largest absolute Gasteiger partial charge is 0.459 e. The van der Waals surface area contributed by atoms with E-state index in [0.717, 1.165) is 30.4 Å². The van der Waals surface area contributed by atoms with Crippen LogP contribution >= 0.6 is 0 Å². The molecule has 0 fully saturated rings. The van der Waals surface area contributed by atoms with E-state index in [-0.39, 0.29) is 50.8 Å². The molecule has 2 aromatic carbocycles. The van der Waals surface area contributed by atoms with Gasteiger partial charge < -0.3 is 25.4 Å². The van der Waals surface area contributed by atoms with Crippen LogP contribution in [0.25, 0.3) is 0 Å². The zero-order valence-electron chi connectivity index (χ0n) is 24.7. The van der Waals surface area contributed by atoms with Crippen molar-refractivity contribution in [2.24, 2.45) is 5.92 Å². The summed E-state index contributed by atoms with van der Waals surface area (Å²) in [6.45, 7) is 5.32. The third kappa shape index (κ3) is 13.9. The van der Waals surface area contributed by atoms with Crippen LogP contribution in [0.5, 0.6) is 0 Å². The Kier molecular flexibility index (Phi) is 15.4. The van der Waals surface area contributed by atoms with Crippen LogP contribution in [0.2, 0.25) is 0 Å². The third-order valence-electron chi connectivity index (χ3n) is 6.49. The van der Waals surface area contributed by atoms with Crippen molar-refractivity contribution in [2.45, 2.75) is 84.6 Å². The molecule has 10 heteroatoms. The van der Waals surface area contributed by atoms with Gasteiger partial charge in [0.2, 0.25) is 17.7 Å². The summed E-state index contributed by atoms with van der Waals surface area (Å²) >= 11 is 0. The number of ether oxygens (including phenoxy) is 2. The highest BCUT2D eigenvalue weighted by Crippen LogP contribution is 2.13. The number of rotatable bonds is 18. The molecule has 3 N–H and O–H groups in total. The van der Waals surface area contributed by atoms with Gasteiger partial charge in [-0.3, -0.25) is 14.4 Å². The predicted molar refractivity (Wildman–Crippen MR) is 158 cm³/mol. The topological polar surface area (TPSA) is 140 Å². The first-order valence-electron chi connectivity index (χ1n) is 14.4. The summed E-state index contributed by atoms with van der Waals surface area (Å²) in [5, 5.41) is 7.68. The molecule has 3 atom stereocenters. The summed E-state index contributed by atoms with van der Waals surface area (Å²) in [6, 6.07) is 16.4. The fourth-order valence-electron chi connectivity index (χ4n) is 4.05. The lowest BCUT2D eigenvalue weighted by Gasteiger charge is -2.19. The lowest BCUT2D eigenvalue weighted by atomic mass is 10.00. The normalized spacial score (nSPS) is 12.7. The van der Waals surface area contributed by atoms with Gasteiger partial charge in [-0.2, -0.15) is 0 Å². The molecule has 10 nitrogen and oxygen atoms in total. The fraction of sp³-hybridized carbons (Fsp3) is 0.469. The molecule has 2 aromatic rings. The van der Waals surface area contributed by atoms with Crippen molar-refractivity contribution in [3.05, 3.63) is 71.8 Å². The molecule has 2 rings (SSSR count). The van der Waals surface area contributed by atoms with Crippen molar-refractivity contribution in [1.82, 2.24) is 16.0 Å². The maximum absolute atomic E-state index is 12.8. The quantitative estimate of drug-likeness (QED) is 0.229. The first kappa shape index (κ1) is 34.0. The van der Waals surface area contributed by atoms with E-state index in [1.165, 1.54) is 6.92 Å². The lowest BCUT2D eigenvalue weighted by molar-refractivity contribution is -0.149. The summed E-state index contributed by atoms with van der Waals surface area (Å²) in [4.78, 5) is 62.4. The number of esters is 2. The Bertz CT molecular complexity index is 1140. The Labute approximate surface area is 247 Å². The Morgan fingerprint density at radius 3 is 1.86 bits per heavy atom. The monoisotopic (exact) mass is 581 g/mol. The molecule has 0 unspecified atom stereocenters. The van der Waals surface area contributed by atoms with Crippen LogP contribution in [0.15, 0.2) is 60.7 Å². The second kappa shape index (κ2) is 19.0. The molecular weight excluding hydrogens is 538 g/mol. The molecule has 0 aromatic heterocycles. The van der Waals surface area contributed by atoms with Crippen LogP contribution in [-0.2, 0) is 46.7 Å². The number of benzene rings is 2. The van der Waals surface area contributed by atoms with E-state index in [2.05, 4.69) is 22.9 Å². The highest BCUT2D eigenvalue weighted by molar-refractivity contribution is 5.89. The summed E-state index contributed by atoms with van der Waals surface area (Å²) in [5.41, 5.74) is 1.62. The van der Waals surface area contributed by atoms with Crippen molar-refractivity contribution < 1.29 is 33.4 Å². The number of amides is 3. The Hall–Kier alpha value is -4.21. The Morgan fingerprint density at radius 2 is 1.29 bits per heavy atom. The minimum Gasteiger partial charge on any atom is -0.459 e. The summed E-state index contributed by atoms with van der Waals surface area (Å²) in [7, 11) is 0. The summed E-state index contributed by atoms with van der Waals surface area (Å²) in [6.07, 6.45) is 3.09. The van der Waals surface area contributed by atoms with Gasteiger partial charge in [0.25, 0.3) is 0 Å². The molecule has 228 valence electrons. The minimum atomic E-state index is -1.02. The van der Waals surface area contributed by atoms with Gasteiger partial charge in [-0.15, -0.1) is 0 Å². The maximum Gasteiger partial charge on any atom is 0.328 e. The second-order valence-electron chi connectivity index (χ2n) is 10.4. The van der Waals surface area contributed by atoms with E-state index >= 15 is 0 Å². The van der Waals surface area contributed by atoms with Crippen molar-refractivity contribution in [3.8, 4) is 0 Å². The first-order chi connectivity index (χ1) is 20.2. The molecular formula is C32H43N3O7. The molecule has 0 aliphatic rings. The molecule has 0 saturated carbocycles. The Morgan fingerprint density at radius 1 is 0.714 bits per heavy atom. The zero-order chi connectivity index (χ0) is 30.7. The molecule has 0 spiro atoms. The SMILES string of the molecule is CCCC[C@H](C)CC(=O)N[C@H](CCC(=O)NCC(=O)N[C@H](C)C(=O)OCc1ccccc1)C(=O)OCc1ccccc1. The molecule has 0 bridgehead atoms. The summed E-state index contributed by atoms with van der Waals surface area (Å²) < 4.78 is 10.6. The molecule has 0 heterocycles. The molecule has 0 saturated heterocycles. The van der Waals surface area contributed by atoms with Crippen LogP contribution in [0.1, 0.15) is 70.4 Å². The first-order valence-corrected chi connectivity index (χ1v) is 14.4. The average molecular weight is 582 g/mol. The smallest absolute Gasteiger partial charge is 0.328 e. The van der Waals surface area contributed by atoms with Crippen molar-refractivity contribution in [1.29, 1.82) is 0 Å². The molecule has 3 amide bonds. The number of nitrogens with one attached hydrogen (secondary N) is 3. The van der Waals surface area contributed by atoms with E-state index < -0.39 is 35.8 Å². The van der Waals surface area contributed by atoms with Gasteiger partial charge in [0.15, 0.2) is 0 Å². The molecule has 42 heavy (non-hydrogen) atoms. The fourth-order valence-corrected chi connectivity index (χ4v) is 4.05. The summed E-state index contributed by atoms with van der Waals surface area (Å²) in [5.74, 6) is -2.42. The standard InChI is InChI=1S/C32H43N3O7/c1-4-5-12-23(2)19-29(37)35-27(32(40)42-22-26-15-10-7-11-16-26)17-18-28(36)33-20-30(38)34-24(3)31(39)41-21-25-13-8-6-9-14-25/h6-11,13-16,23-24,27H,4-5,12,17-22H2,1-3H3,(H,33,36)(H,34,38)(H,35,37)/t23-,24+,27+/m0/s1. The van der Waals surface area contributed by atoms with E-state index in [9.17, 15) is 24.0 Å². The van der Waals surface area contributed by atoms with Gasteiger partial charge in [0.05, 0.1) is 6.54 Å². The van der Waals surface area contributed by atoms with Gasteiger partial charge in [-0.1, -0.05) is 93.8 Å². The van der Waals surface area contributed by atoms with E-state index in [1.54, 1.807) is 0 Å². The highest BCUT2D eigenvalue weighted by Gasteiger charge is 2.24. The van der Waals surface area contributed by atoms with Crippen molar-refractivity contribution in [3.63, 3.8) is 0 Å². The number of unbranched alkanes of at least 4 members (excludes halogenated alkanes) is 1. The van der Waals surface area contributed by atoms with Crippen LogP contribution in [-0.4, -0.2) is 48.3 Å². The minimum absolute atomic E-state index is 0.00162. The highest BCUT2D eigenvalue weighted by atomic mass is 16.5. The average Bonchev–Trinajstić information content (AvgIpc) is 2.99. The number of carbonyl (C=O) groups excluding carboxylic acids is 5. The molecule has 0 aliphatic heterocycles. The number of hydrogen-bond acceptors (Lipinski definition) is 7. The molecule has 0 aliphatic carbocycles. The lowest BCUT2D eigenvalue weighted by Crippen LogP contribution is -2.45. The van der Waals surface area contributed by atoms with Crippen molar-refractivity contribution >= 4 is 29.7 Å². The van der Waals surface area contributed by atoms with Crippen LogP contribution < -0.4 is 16.0 Å². The van der Waals surface area contributed by atoms with Gasteiger partial charge in [0, 0.05) is 12.8 Å². The third-order valence-corrected chi connectivity index (χ3v) is 6.49. The van der Waals surface area contributed by atoms with Gasteiger partial charge in [0.1, 0.15) is 25.3 Å². The van der Waals surface area contributed by atoms with E-state index in [4.69, 9.17) is 9.47 Å². The van der Waals surface area contributed by atoms with Crippen molar-refractivity contribution in [2.75, 3.05) is 6.54 Å². The zero-order valence-corrected chi connectivity index (χ0v) is 24.7. The van der Waals surface area contributed by atoms with Gasteiger partial charge in [-0.05, 0) is 30.4 Å². The Balaban J connectivity index is 1.81. The van der Waals surface area contributed by atoms with Gasteiger partial charge >= 0.3 is 11.9 Å². The molecule has 0 radical (unpaired) electrons. The number of hydrogen-bond donors (Lipinski definition) is 3. The van der Waals surface area contributed by atoms with E-state index in [0.29, 0.717) is 0 Å². The number of carbonyl (C=O) groups is 5. The predicted octanol–water partition coefficient (Wildman–Crippen LogP) is 3.58. The van der Waals surface area contributed by atoms with Crippen LogP contribution in [0, 0.1) is 5.92 Å². The van der Waals surface area contributed by atoms with Crippen LogP contribution in [0.4, 0.5) is 0 Å². The van der Waals surface area contributed by atoms with E-state index in [1.807, 2.05) is 67.6 Å². The van der Waals surface area contributed by atoms with Gasteiger partial charge in [-0.25, -0.2) is 9.59 Å².